The Bertz CT molecular complexity index is 1110. The van der Waals surface area contributed by atoms with Gasteiger partial charge < -0.3 is 19.2 Å². The van der Waals surface area contributed by atoms with Crippen LogP contribution in [0.25, 0.3) is 5.65 Å². The number of nitro groups is 1. The second-order valence-electron chi connectivity index (χ2n) is 6.27. The highest BCUT2D eigenvalue weighted by molar-refractivity contribution is 5.98. The molecule has 1 unspecified atom stereocenters. The smallest absolute Gasteiger partial charge is 0.359 e. The number of hydrogen-bond acceptors (Lipinski definition) is 7. The zero-order chi connectivity index (χ0) is 21.1. The molecule has 0 aliphatic heterocycles. The van der Waals surface area contributed by atoms with Gasteiger partial charge in [0.05, 0.1) is 17.7 Å². The Labute approximate surface area is 165 Å². The Kier molecular flexibility index (Phi) is 5.44. The summed E-state index contributed by atoms with van der Waals surface area (Å²) in [5, 5.41) is 13.4. The molecule has 1 atom stereocenters. The summed E-state index contributed by atoms with van der Waals surface area (Å²) in [6, 6.07) is 7.45. The Morgan fingerprint density at radius 2 is 2.03 bits per heavy atom. The molecule has 3 aromatic rings. The molecule has 0 saturated heterocycles. The van der Waals surface area contributed by atoms with Crippen LogP contribution in [0.4, 0.5) is 11.4 Å². The van der Waals surface area contributed by atoms with Gasteiger partial charge in [-0.25, -0.2) is 9.78 Å². The lowest BCUT2D eigenvalue weighted by atomic mass is 10.2. The van der Waals surface area contributed by atoms with Crippen LogP contribution in [-0.4, -0.2) is 39.4 Å². The number of methoxy groups -OCH3 is 1. The number of fused-ring (bicyclic) bond motifs is 1. The van der Waals surface area contributed by atoms with E-state index in [1.54, 1.807) is 10.6 Å². The van der Waals surface area contributed by atoms with Crippen LogP contribution in [0.15, 0.2) is 42.7 Å². The molecule has 29 heavy (non-hydrogen) atoms. The minimum atomic E-state index is -1.17. The minimum absolute atomic E-state index is 0.0585. The SMILES string of the molecule is COc1ccc([N+](=O)[O-])cc1NC(=O)C(C)OC(=O)c1cn2ccc(C)cc2n1. The van der Waals surface area contributed by atoms with Crippen molar-refractivity contribution in [1.29, 1.82) is 0 Å². The van der Waals surface area contributed by atoms with Crippen LogP contribution in [0.5, 0.6) is 5.75 Å². The van der Waals surface area contributed by atoms with E-state index < -0.39 is 22.9 Å². The van der Waals surface area contributed by atoms with Gasteiger partial charge in [-0.15, -0.1) is 0 Å². The van der Waals surface area contributed by atoms with Crippen molar-refractivity contribution in [2.45, 2.75) is 20.0 Å². The van der Waals surface area contributed by atoms with Crippen molar-refractivity contribution in [3.8, 4) is 5.75 Å². The molecule has 10 nitrogen and oxygen atoms in total. The number of benzene rings is 1. The van der Waals surface area contributed by atoms with Crippen molar-refractivity contribution in [2.24, 2.45) is 0 Å². The van der Waals surface area contributed by atoms with Crippen molar-refractivity contribution in [3.05, 3.63) is 64.1 Å². The number of carbonyl (C=O) groups excluding carboxylic acids is 2. The van der Waals surface area contributed by atoms with Crippen LogP contribution in [0.2, 0.25) is 0 Å². The zero-order valence-corrected chi connectivity index (χ0v) is 15.9. The highest BCUT2D eigenvalue weighted by atomic mass is 16.6. The van der Waals surface area contributed by atoms with Crippen molar-refractivity contribution >= 4 is 28.9 Å². The average molecular weight is 398 g/mol. The van der Waals surface area contributed by atoms with E-state index in [1.165, 1.54) is 32.4 Å². The van der Waals surface area contributed by atoms with Crippen LogP contribution >= 0.6 is 0 Å². The lowest BCUT2D eigenvalue weighted by molar-refractivity contribution is -0.384. The molecule has 0 aliphatic carbocycles. The number of nitro benzene ring substituents is 1. The maximum atomic E-state index is 12.4. The van der Waals surface area contributed by atoms with Gasteiger partial charge in [0.1, 0.15) is 11.4 Å². The third kappa shape index (κ3) is 4.32. The molecular formula is C19H18N4O6. The third-order valence-corrected chi connectivity index (χ3v) is 4.13. The molecule has 3 rings (SSSR count). The number of aryl methyl sites for hydroxylation is 1. The molecule has 10 heteroatoms. The lowest BCUT2D eigenvalue weighted by Gasteiger charge is -2.14. The number of ether oxygens (including phenoxy) is 2. The number of pyridine rings is 1. The van der Waals surface area contributed by atoms with E-state index in [2.05, 4.69) is 10.3 Å². The van der Waals surface area contributed by atoms with Crippen molar-refractivity contribution in [2.75, 3.05) is 12.4 Å². The summed E-state index contributed by atoms with van der Waals surface area (Å²) >= 11 is 0. The van der Waals surface area contributed by atoms with Crippen LogP contribution in [0.3, 0.4) is 0 Å². The minimum Gasteiger partial charge on any atom is -0.495 e. The predicted molar refractivity (Wildman–Crippen MR) is 103 cm³/mol. The molecule has 2 aromatic heterocycles. The van der Waals surface area contributed by atoms with Gasteiger partial charge in [0, 0.05) is 24.5 Å². The number of rotatable bonds is 6. The molecule has 0 fully saturated rings. The molecule has 0 bridgehead atoms. The third-order valence-electron chi connectivity index (χ3n) is 4.13. The van der Waals surface area contributed by atoms with Gasteiger partial charge in [-0.05, 0) is 37.6 Å². The molecule has 2 heterocycles. The summed E-state index contributed by atoms with van der Waals surface area (Å²) in [7, 11) is 1.37. The van der Waals surface area contributed by atoms with Gasteiger partial charge in [0.15, 0.2) is 11.8 Å². The monoisotopic (exact) mass is 398 g/mol. The highest BCUT2D eigenvalue weighted by Crippen LogP contribution is 2.29. The van der Waals surface area contributed by atoms with E-state index in [0.717, 1.165) is 11.6 Å². The van der Waals surface area contributed by atoms with E-state index in [4.69, 9.17) is 9.47 Å². The molecule has 1 amide bonds. The van der Waals surface area contributed by atoms with E-state index in [9.17, 15) is 19.7 Å². The van der Waals surface area contributed by atoms with E-state index >= 15 is 0 Å². The number of hydrogen-bond donors (Lipinski definition) is 1. The van der Waals surface area contributed by atoms with Crippen LogP contribution < -0.4 is 10.1 Å². The molecule has 0 radical (unpaired) electrons. The highest BCUT2D eigenvalue weighted by Gasteiger charge is 2.23. The predicted octanol–water partition coefficient (Wildman–Crippen LogP) is 2.74. The number of amides is 1. The molecule has 1 N–H and O–H groups in total. The molecule has 0 saturated carbocycles. The maximum Gasteiger partial charge on any atom is 0.359 e. The first-order valence-electron chi connectivity index (χ1n) is 8.58. The van der Waals surface area contributed by atoms with Gasteiger partial charge in [-0.1, -0.05) is 0 Å². The fraction of sp³-hybridized carbons (Fsp3) is 0.211. The number of esters is 1. The van der Waals surface area contributed by atoms with Crippen LogP contribution in [0, 0.1) is 17.0 Å². The number of aromatic nitrogens is 2. The largest absolute Gasteiger partial charge is 0.495 e. The Morgan fingerprint density at radius 1 is 1.28 bits per heavy atom. The summed E-state index contributed by atoms with van der Waals surface area (Å²) in [5.74, 6) is -1.20. The Morgan fingerprint density at radius 3 is 2.72 bits per heavy atom. The van der Waals surface area contributed by atoms with Gasteiger partial charge in [-0.3, -0.25) is 14.9 Å². The topological polar surface area (TPSA) is 125 Å². The Balaban J connectivity index is 1.72. The number of carbonyl (C=O) groups is 2. The molecule has 0 spiro atoms. The first kappa shape index (κ1) is 19.8. The first-order chi connectivity index (χ1) is 13.8. The van der Waals surface area contributed by atoms with Gasteiger partial charge >= 0.3 is 5.97 Å². The van der Waals surface area contributed by atoms with Gasteiger partial charge in [0.25, 0.3) is 11.6 Å². The summed E-state index contributed by atoms with van der Waals surface area (Å²) in [5.41, 5.74) is 1.50. The van der Waals surface area contributed by atoms with Crippen LogP contribution in [-0.2, 0) is 9.53 Å². The van der Waals surface area contributed by atoms with Gasteiger partial charge in [-0.2, -0.15) is 0 Å². The lowest BCUT2D eigenvalue weighted by Crippen LogP contribution is -2.30. The van der Waals surface area contributed by atoms with Crippen LogP contribution in [0.1, 0.15) is 23.0 Å². The average Bonchev–Trinajstić information content (AvgIpc) is 3.11. The standard InChI is InChI=1S/C19H18N4O6/c1-11-6-7-22-10-15(20-17(22)8-11)19(25)29-12(2)18(24)21-14-9-13(23(26)27)4-5-16(14)28-3/h4-10,12H,1-3H3,(H,21,24). The second-order valence-corrected chi connectivity index (χ2v) is 6.27. The summed E-state index contributed by atoms with van der Waals surface area (Å²) in [6.45, 7) is 3.29. The fourth-order valence-electron chi connectivity index (χ4n) is 2.60. The molecule has 150 valence electrons. The quantitative estimate of drug-likeness (QED) is 0.384. The number of nitrogens with zero attached hydrogens (tertiary/aromatic N) is 3. The second kappa shape index (κ2) is 7.97. The number of non-ortho nitro benzene ring substituents is 1. The van der Waals surface area contributed by atoms with Crippen molar-refractivity contribution < 1.29 is 24.0 Å². The first-order valence-corrected chi connectivity index (χ1v) is 8.58. The van der Waals surface area contributed by atoms with E-state index in [0.29, 0.717) is 5.65 Å². The van der Waals surface area contributed by atoms with E-state index in [1.807, 2.05) is 19.1 Å². The normalized spacial score (nSPS) is 11.7. The summed E-state index contributed by atoms with van der Waals surface area (Å²) in [6.07, 6.45) is 2.10. The van der Waals surface area contributed by atoms with Crippen molar-refractivity contribution in [3.63, 3.8) is 0 Å². The number of nitrogens with one attached hydrogen (secondary N) is 1. The summed E-state index contributed by atoms with van der Waals surface area (Å²) in [4.78, 5) is 39.3. The molecule has 0 aliphatic rings. The maximum absolute atomic E-state index is 12.4. The Hall–Kier alpha value is -3.95. The zero-order valence-electron chi connectivity index (χ0n) is 15.9. The molecule has 1 aromatic carbocycles. The van der Waals surface area contributed by atoms with Crippen molar-refractivity contribution in [1.82, 2.24) is 9.38 Å². The summed E-state index contributed by atoms with van der Waals surface area (Å²) < 4.78 is 11.9. The number of imidazole rings is 1. The number of anilines is 1. The molecular weight excluding hydrogens is 380 g/mol. The fourth-order valence-corrected chi connectivity index (χ4v) is 2.60. The van der Waals surface area contributed by atoms with E-state index in [-0.39, 0.29) is 22.8 Å². The van der Waals surface area contributed by atoms with Gasteiger partial charge in [0.2, 0.25) is 0 Å².